The first-order valence-electron chi connectivity index (χ1n) is 10.5. The molecule has 0 fully saturated rings. The summed E-state index contributed by atoms with van der Waals surface area (Å²) in [7, 11) is 1.56. The summed E-state index contributed by atoms with van der Waals surface area (Å²) in [5.74, 6) is 0.0469. The predicted octanol–water partition coefficient (Wildman–Crippen LogP) is 4.72. The Bertz CT molecular complexity index is 1470. The van der Waals surface area contributed by atoms with Crippen molar-refractivity contribution in [2.75, 3.05) is 7.11 Å². The van der Waals surface area contributed by atoms with Crippen LogP contribution in [0, 0.1) is 0 Å². The van der Waals surface area contributed by atoms with E-state index >= 15 is 0 Å². The van der Waals surface area contributed by atoms with E-state index in [-0.39, 0.29) is 11.7 Å². The first-order chi connectivity index (χ1) is 16.2. The van der Waals surface area contributed by atoms with E-state index in [1.165, 1.54) is 11.3 Å². The van der Waals surface area contributed by atoms with Gasteiger partial charge in [0.2, 0.25) is 0 Å². The van der Waals surface area contributed by atoms with Gasteiger partial charge < -0.3 is 9.47 Å². The zero-order valence-corrected chi connectivity index (χ0v) is 23.0. The van der Waals surface area contributed by atoms with Gasteiger partial charge in [-0.25, -0.2) is 9.79 Å². The number of ether oxygens (including phenoxy) is 2. The molecule has 3 aromatic rings. The molecule has 0 aliphatic carbocycles. The molecule has 0 unspecified atom stereocenters. The lowest BCUT2D eigenvalue weighted by Crippen LogP contribution is -2.40. The standard InChI is InChI=1S/C25H22Br2N2O4S/c1-13(2)33-24(31)21-14(3)28-25-29(22(21)18-12-17(27)9-10-19(18)32-4)23(30)20(34-25)11-15-5-7-16(26)8-6-15/h5-13,22H,1-4H3/b20-11-/t22-/m1/s1. The van der Waals surface area contributed by atoms with Crippen molar-refractivity contribution in [1.29, 1.82) is 0 Å². The van der Waals surface area contributed by atoms with Gasteiger partial charge >= 0.3 is 5.97 Å². The number of nitrogens with zero attached hydrogens (tertiary/aromatic N) is 2. The van der Waals surface area contributed by atoms with E-state index in [1.807, 2.05) is 42.5 Å². The van der Waals surface area contributed by atoms with Crippen molar-refractivity contribution in [1.82, 2.24) is 4.57 Å². The van der Waals surface area contributed by atoms with Crippen molar-refractivity contribution in [2.45, 2.75) is 32.9 Å². The molecule has 1 aromatic heterocycles. The van der Waals surface area contributed by atoms with Gasteiger partial charge in [0.1, 0.15) is 11.8 Å². The Morgan fingerprint density at radius 3 is 2.47 bits per heavy atom. The number of aromatic nitrogens is 1. The molecule has 6 nitrogen and oxygen atoms in total. The van der Waals surface area contributed by atoms with E-state index in [1.54, 1.807) is 38.5 Å². The number of rotatable bonds is 5. The second-order valence-corrected chi connectivity index (χ2v) is 10.8. The van der Waals surface area contributed by atoms with Crippen molar-refractivity contribution >= 4 is 55.2 Å². The first kappa shape index (κ1) is 24.6. The summed E-state index contributed by atoms with van der Waals surface area (Å²) in [4.78, 5) is 32.1. The fraction of sp³-hybridized carbons (Fsp3) is 0.240. The number of benzene rings is 2. The summed E-state index contributed by atoms with van der Waals surface area (Å²) in [5.41, 5.74) is 2.14. The number of thiazole rings is 1. The molecule has 0 spiro atoms. The van der Waals surface area contributed by atoms with Gasteiger partial charge in [-0.2, -0.15) is 0 Å². The summed E-state index contributed by atoms with van der Waals surface area (Å²) >= 11 is 8.23. The minimum Gasteiger partial charge on any atom is -0.496 e. The molecule has 1 aliphatic rings. The Balaban J connectivity index is 2.00. The molecule has 176 valence electrons. The SMILES string of the molecule is COc1ccc(Br)cc1[C@@H]1C(C(=O)OC(C)C)=C(C)N=c2s/c(=C\c3ccc(Br)cc3)c(=O)n21. The first-order valence-corrected chi connectivity index (χ1v) is 12.9. The van der Waals surface area contributed by atoms with Crippen LogP contribution in [0.4, 0.5) is 0 Å². The topological polar surface area (TPSA) is 69.9 Å². The molecule has 1 aliphatic heterocycles. The molecule has 34 heavy (non-hydrogen) atoms. The maximum absolute atomic E-state index is 13.7. The van der Waals surface area contributed by atoms with E-state index in [0.717, 1.165) is 14.5 Å². The number of methoxy groups -OCH3 is 1. The van der Waals surface area contributed by atoms with Crippen molar-refractivity contribution in [3.63, 3.8) is 0 Å². The third-order valence-corrected chi connectivity index (χ3v) is 7.24. The van der Waals surface area contributed by atoms with Crippen LogP contribution >= 0.6 is 43.2 Å². The third kappa shape index (κ3) is 4.82. The lowest BCUT2D eigenvalue weighted by molar-refractivity contribution is -0.143. The van der Waals surface area contributed by atoms with Gasteiger partial charge in [0.25, 0.3) is 5.56 Å². The number of esters is 1. The average molecular weight is 606 g/mol. The smallest absolute Gasteiger partial charge is 0.338 e. The van der Waals surface area contributed by atoms with Gasteiger partial charge in [0.15, 0.2) is 4.80 Å². The highest BCUT2D eigenvalue weighted by Gasteiger charge is 2.35. The largest absolute Gasteiger partial charge is 0.496 e. The summed E-state index contributed by atoms with van der Waals surface area (Å²) in [5, 5.41) is 0. The molecule has 0 radical (unpaired) electrons. The second kappa shape index (κ2) is 10.0. The van der Waals surface area contributed by atoms with Gasteiger partial charge in [0, 0.05) is 14.5 Å². The maximum atomic E-state index is 13.7. The predicted molar refractivity (Wildman–Crippen MR) is 140 cm³/mol. The maximum Gasteiger partial charge on any atom is 0.338 e. The lowest BCUT2D eigenvalue weighted by atomic mass is 9.95. The number of fused-ring (bicyclic) bond motifs is 1. The Kier molecular flexibility index (Phi) is 7.25. The Hall–Kier alpha value is -2.49. The molecule has 2 aromatic carbocycles. The van der Waals surface area contributed by atoms with Crippen LogP contribution in [0.2, 0.25) is 0 Å². The fourth-order valence-corrected chi connectivity index (χ4v) is 5.47. The average Bonchev–Trinajstić information content (AvgIpc) is 3.08. The molecule has 0 saturated heterocycles. The molecule has 1 atom stereocenters. The zero-order chi connectivity index (χ0) is 24.6. The molecule has 9 heteroatoms. The normalized spacial score (nSPS) is 15.9. The van der Waals surface area contributed by atoms with Gasteiger partial charge in [-0.05, 0) is 62.7 Å². The Morgan fingerprint density at radius 2 is 1.82 bits per heavy atom. The second-order valence-electron chi connectivity index (χ2n) is 7.97. The third-order valence-electron chi connectivity index (χ3n) is 5.24. The molecule has 0 bridgehead atoms. The van der Waals surface area contributed by atoms with Gasteiger partial charge in [-0.15, -0.1) is 0 Å². The molecule has 0 amide bonds. The number of halogens is 2. The molecular weight excluding hydrogens is 584 g/mol. The summed E-state index contributed by atoms with van der Waals surface area (Å²) in [6, 6.07) is 12.4. The van der Waals surface area contributed by atoms with E-state index in [0.29, 0.717) is 31.9 Å². The number of hydrogen-bond donors (Lipinski definition) is 0. The molecule has 0 N–H and O–H groups in total. The van der Waals surface area contributed by atoms with E-state index < -0.39 is 12.0 Å². The van der Waals surface area contributed by atoms with Crippen LogP contribution in [0.25, 0.3) is 6.08 Å². The Morgan fingerprint density at radius 1 is 1.15 bits per heavy atom. The van der Waals surface area contributed by atoms with Crippen LogP contribution in [0.15, 0.2) is 72.5 Å². The molecular formula is C25H22Br2N2O4S. The van der Waals surface area contributed by atoms with Gasteiger partial charge in [-0.1, -0.05) is 55.3 Å². The highest BCUT2D eigenvalue weighted by molar-refractivity contribution is 9.10. The minimum absolute atomic E-state index is 0.235. The van der Waals surface area contributed by atoms with Crippen LogP contribution in [0.5, 0.6) is 5.75 Å². The summed E-state index contributed by atoms with van der Waals surface area (Å²) in [6.45, 7) is 5.34. The Labute approximate surface area is 217 Å². The van der Waals surface area contributed by atoms with E-state index in [9.17, 15) is 9.59 Å². The van der Waals surface area contributed by atoms with Crippen LogP contribution in [0.3, 0.4) is 0 Å². The quantitative estimate of drug-likeness (QED) is 0.395. The number of allylic oxidation sites excluding steroid dienone is 1. The van der Waals surface area contributed by atoms with Crippen LogP contribution in [0.1, 0.15) is 37.9 Å². The van der Waals surface area contributed by atoms with E-state index in [2.05, 4.69) is 36.9 Å². The van der Waals surface area contributed by atoms with Crippen molar-refractivity contribution in [3.05, 3.63) is 93.5 Å². The van der Waals surface area contributed by atoms with Crippen LogP contribution in [-0.2, 0) is 9.53 Å². The van der Waals surface area contributed by atoms with Gasteiger partial charge in [0.05, 0.1) is 29.0 Å². The number of carbonyl (C=O) groups excluding carboxylic acids is 1. The molecule has 2 heterocycles. The number of carbonyl (C=O) groups is 1. The highest BCUT2D eigenvalue weighted by Crippen LogP contribution is 2.37. The van der Waals surface area contributed by atoms with Gasteiger partial charge in [-0.3, -0.25) is 9.36 Å². The van der Waals surface area contributed by atoms with Crippen molar-refractivity contribution in [3.8, 4) is 5.75 Å². The highest BCUT2D eigenvalue weighted by atomic mass is 79.9. The zero-order valence-electron chi connectivity index (χ0n) is 19.0. The lowest BCUT2D eigenvalue weighted by Gasteiger charge is -2.26. The van der Waals surface area contributed by atoms with Crippen LogP contribution in [-0.4, -0.2) is 23.8 Å². The van der Waals surface area contributed by atoms with Crippen LogP contribution < -0.4 is 19.6 Å². The van der Waals surface area contributed by atoms with E-state index in [4.69, 9.17) is 9.47 Å². The van der Waals surface area contributed by atoms with Crippen molar-refractivity contribution in [2.24, 2.45) is 4.99 Å². The summed E-state index contributed by atoms with van der Waals surface area (Å²) < 4.78 is 15.0. The number of hydrogen-bond acceptors (Lipinski definition) is 6. The molecule has 4 rings (SSSR count). The molecule has 0 saturated carbocycles. The summed E-state index contributed by atoms with van der Waals surface area (Å²) in [6.07, 6.45) is 1.51. The minimum atomic E-state index is -0.748. The van der Waals surface area contributed by atoms with Crippen molar-refractivity contribution < 1.29 is 14.3 Å². The fourth-order valence-electron chi connectivity index (χ4n) is 3.78. The monoisotopic (exact) mass is 604 g/mol.